The largest absolute Gasteiger partial charge is 0.480 e. The van der Waals surface area contributed by atoms with Crippen LogP contribution in [0.4, 0.5) is 8.78 Å². The van der Waals surface area contributed by atoms with Gasteiger partial charge in [-0.3, -0.25) is 4.79 Å². The minimum absolute atomic E-state index is 0.244. The van der Waals surface area contributed by atoms with Gasteiger partial charge in [-0.1, -0.05) is 19.9 Å². The first-order valence-corrected chi connectivity index (χ1v) is 6.79. The van der Waals surface area contributed by atoms with E-state index < -0.39 is 35.5 Å². The van der Waals surface area contributed by atoms with Crippen molar-refractivity contribution in [3.05, 3.63) is 35.4 Å². The van der Waals surface area contributed by atoms with Crippen molar-refractivity contribution in [1.29, 1.82) is 0 Å². The summed E-state index contributed by atoms with van der Waals surface area (Å²) in [5.74, 6) is -3.84. The second kappa shape index (κ2) is 5.79. The molecule has 6 heteroatoms. The Bertz CT molecular complexity index is 574. The van der Waals surface area contributed by atoms with E-state index in [-0.39, 0.29) is 11.8 Å². The van der Waals surface area contributed by atoms with Gasteiger partial charge < -0.3 is 10.4 Å². The van der Waals surface area contributed by atoms with E-state index in [0.717, 1.165) is 12.1 Å². The number of aliphatic carboxylic acids is 1. The standard InChI is InChI=1S/C15H17F2NO3/c1-7(2)13(15(20)21)18-14(19)11-6-10(11)9-4-3-8(16)5-12(9)17/h3-5,7,10-11,13H,6H2,1-2H3,(H,18,19)(H,20,21)/t10?,11?,13-/m1/s1. The molecule has 0 radical (unpaired) electrons. The molecule has 1 aliphatic rings. The molecule has 21 heavy (non-hydrogen) atoms. The maximum atomic E-state index is 13.6. The fraction of sp³-hybridized carbons (Fsp3) is 0.467. The average Bonchev–Trinajstić information content (AvgIpc) is 3.15. The third kappa shape index (κ3) is 3.37. The Hall–Kier alpha value is -1.98. The summed E-state index contributed by atoms with van der Waals surface area (Å²) < 4.78 is 26.5. The topological polar surface area (TPSA) is 66.4 Å². The van der Waals surface area contributed by atoms with E-state index in [2.05, 4.69) is 5.32 Å². The summed E-state index contributed by atoms with van der Waals surface area (Å²) in [5.41, 5.74) is 0.299. The molecule has 0 bridgehead atoms. The summed E-state index contributed by atoms with van der Waals surface area (Å²) in [5, 5.41) is 11.5. The van der Waals surface area contributed by atoms with Gasteiger partial charge in [0.15, 0.2) is 0 Å². The molecule has 2 unspecified atom stereocenters. The molecule has 1 fully saturated rings. The zero-order valence-corrected chi connectivity index (χ0v) is 11.8. The summed E-state index contributed by atoms with van der Waals surface area (Å²) in [6.45, 7) is 3.40. The summed E-state index contributed by atoms with van der Waals surface area (Å²) in [4.78, 5) is 23.1. The molecule has 2 N–H and O–H groups in total. The van der Waals surface area contributed by atoms with Crippen LogP contribution in [0.3, 0.4) is 0 Å². The minimum atomic E-state index is -1.09. The first-order chi connectivity index (χ1) is 9.81. The van der Waals surface area contributed by atoms with Gasteiger partial charge >= 0.3 is 5.97 Å². The maximum absolute atomic E-state index is 13.6. The van der Waals surface area contributed by atoms with Crippen LogP contribution in [-0.4, -0.2) is 23.0 Å². The van der Waals surface area contributed by atoms with E-state index in [4.69, 9.17) is 5.11 Å². The predicted octanol–water partition coefficient (Wildman–Crippen LogP) is 2.29. The Morgan fingerprint density at radius 1 is 1.33 bits per heavy atom. The monoisotopic (exact) mass is 297 g/mol. The minimum Gasteiger partial charge on any atom is -0.480 e. The molecule has 3 atom stereocenters. The quantitative estimate of drug-likeness (QED) is 0.876. The molecule has 0 spiro atoms. The molecule has 1 aliphatic carbocycles. The van der Waals surface area contributed by atoms with E-state index in [1.165, 1.54) is 6.07 Å². The predicted molar refractivity (Wildman–Crippen MR) is 71.6 cm³/mol. The molecule has 1 aromatic rings. The van der Waals surface area contributed by atoms with Crippen LogP contribution in [0.1, 0.15) is 31.7 Å². The van der Waals surface area contributed by atoms with Crippen molar-refractivity contribution >= 4 is 11.9 Å². The number of carbonyl (C=O) groups excluding carboxylic acids is 1. The van der Waals surface area contributed by atoms with Crippen LogP contribution in [0.2, 0.25) is 0 Å². The molecule has 1 aromatic carbocycles. The lowest BCUT2D eigenvalue weighted by molar-refractivity contribution is -0.143. The highest BCUT2D eigenvalue weighted by atomic mass is 19.1. The molecule has 1 amide bonds. The van der Waals surface area contributed by atoms with Crippen molar-refractivity contribution in [3.8, 4) is 0 Å². The average molecular weight is 297 g/mol. The Balaban J connectivity index is 2.02. The number of amides is 1. The van der Waals surface area contributed by atoms with Gasteiger partial charge in [0.05, 0.1) is 0 Å². The van der Waals surface area contributed by atoms with Gasteiger partial charge in [-0.2, -0.15) is 0 Å². The summed E-state index contributed by atoms with van der Waals surface area (Å²) in [6.07, 6.45) is 0.443. The highest BCUT2D eigenvalue weighted by Crippen LogP contribution is 2.48. The highest BCUT2D eigenvalue weighted by molar-refractivity contribution is 5.87. The molecule has 2 rings (SSSR count). The van der Waals surface area contributed by atoms with Gasteiger partial charge in [-0.25, -0.2) is 13.6 Å². The lowest BCUT2D eigenvalue weighted by atomic mass is 10.0. The van der Waals surface area contributed by atoms with E-state index in [1.54, 1.807) is 13.8 Å². The van der Waals surface area contributed by atoms with Crippen LogP contribution >= 0.6 is 0 Å². The van der Waals surface area contributed by atoms with Crippen molar-refractivity contribution in [2.24, 2.45) is 11.8 Å². The zero-order valence-electron chi connectivity index (χ0n) is 11.8. The van der Waals surface area contributed by atoms with Gasteiger partial charge in [0.2, 0.25) is 5.91 Å². The van der Waals surface area contributed by atoms with Gasteiger partial charge in [0, 0.05) is 12.0 Å². The second-order valence-corrected chi connectivity index (χ2v) is 5.68. The third-order valence-electron chi connectivity index (χ3n) is 3.72. The van der Waals surface area contributed by atoms with E-state index >= 15 is 0 Å². The number of halogens is 2. The van der Waals surface area contributed by atoms with Crippen molar-refractivity contribution in [2.75, 3.05) is 0 Å². The Morgan fingerprint density at radius 3 is 2.52 bits per heavy atom. The van der Waals surface area contributed by atoms with Crippen LogP contribution < -0.4 is 5.32 Å². The van der Waals surface area contributed by atoms with Crippen LogP contribution in [0.5, 0.6) is 0 Å². The number of carboxylic acid groups (broad SMARTS) is 1. The Morgan fingerprint density at radius 2 is 2.00 bits per heavy atom. The van der Waals surface area contributed by atoms with Crippen molar-refractivity contribution in [3.63, 3.8) is 0 Å². The maximum Gasteiger partial charge on any atom is 0.326 e. The second-order valence-electron chi connectivity index (χ2n) is 5.68. The van der Waals surface area contributed by atoms with Crippen molar-refractivity contribution in [1.82, 2.24) is 5.32 Å². The van der Waals surface area contributed by atoms with Gasteiger partial charge in [-0.05, 0) is 29.9 Å². The molecular formula is C15H17F2NO3. The van der Waals surface area contributed by atoms with Crippen molar-refractivity contribution in [2.45, 2.75) is 32.2 Å². The molecule has 114 valence electrons. The number of nitrogens with one attached hydrogen (secondary N) is 1. The van der Waals surface area contributed by atoms with Crippen LogP contribution in [0.25, 0.3) is 0 Å². The van der Waals surface area contributed by atoms with Gasteiger partial charge in [-0.15, -0.1) is 0 Å². The normalized spacial score (nSPS) is 22.0. The van der Waals surface area contributed by atoms with E-state index in [0.29, 0.717) is 12.0 Å². The summed E-state index contributed by atoms with van der Waals surface area (Å²) >= 11 is 0. The third-order valence-corrected chi connectivity index (χ3v) is 3.72. The van der Waals surface area contributed by atoms with Crippen LogP contribution in [0.15, 0.2) is 18.2 Å². The number of carboxylic acids is 1. The Kier molecular flexibility index (Phi) is 4.25. The SMILES string of the molecule is CC(C)[C@@H](NC(=O)C1CC1c1ccc(F)cc1F)C(=O)O. The molecule has 0 heterocycles. The van der Waals surface area contributed by atoms with Gasteiger partial charge in [0.1, 0.15) is 17.7 Å². The van der Waals surface area contributed by atoms with Gasteiger partial charge in [0.25, 0.3) is 0 Å². The summed E-state index contributed by atoms with van der Waals surface area (Å²) in [7, 11) is 0. The number of rotatable bonds is 5. The van der Waals surface area contributed by atoms with Crippen LogP contribution in [-0.2, 0) is 9.59 Å². The Labute approximate surface area is 121 Å². The van der Waals surface area contributed by atoms with Crippen molar-refractivity contribution < 1.29 is 23.5 Å². The first-order valence-electron chi connectivity index (χ1n) is 6.79. The molecule has 0 aliphatic heterocycles. The highest BCUT2D eigenvalue weighted by Gasteiger charge is 2.46. The molecule has 0 saturated heterocycles. The zero-order chi connectivity index (χ0) is 15.7. The van der Waals surface area contributed by atoms with Crippen LogP contribution in [0, 0.1) is 23.5 Å². The lowest BCUT2D eigenvalue weighted by Gasteiger charge is -2.17. The first kappa shape index (κ1) is 15.4. The number of hydrogen-bond donors (Lipinski definition) is 2. The molecule has 4 nitrogen and oxygen atoms in total. The molecule has 1 saturated carbocycles. The fourth-order valence-corrected chi connectivity index (χ4v) is 2.40. The summed E-state index contributed by atoms with van der Waals surface area (Å²) in [6, 6.07) is 2.31. The number of benzene rings is 1. The van der Waals surface area contributed by atoms with E-state index in [9.17, 15) is 18.4 Å². The molecular weight excluding hydrogens is 280 g/mol. The lowest BCUT2D eigenvalue weighted by Crippen LogP contribution is -2.45. The number of carbonyl (C=O) groups is 2. The molecule has 0 aromatic heterocycles. The number of hydrogen-bond acceptors (Lipinski definition) is 2. The van der Waals surface area contributed by atoms with E-state index in [1.807, 2.05) is 0 Å². The smallest absolute Gasteiger partial charge is 0.326 e. The fourth-order valence-electron chi connectivity index (χ4n) is 2.40.